The second kappa shape index (κ2) is 36.9. The van der Waals surface area contributed by atoms with Gasteiger partial charge in [0.1, 0.15) is 0 Å². The van der Waals surface area contributed by atoms with Crippen molar-refractivity contribution in [1.29, 1.82) is 0 Å². The first kappa shape index (κ1) is 77.9. The van der Waals surface area contributed by atoms with Gasteiger partial charge in [-0.2, -0.15) is 0 Å². The first-order chi connectivity index (χ1) is 37.2. The number of rotatable bonds is 19. The van der Waals surface area contributed by atoms with Crippen LogP contribution in [-0.2, 0) is 9.47 Å². The van der Waals surface area contributed by atoms with Gasteiger partial charge in [0.2, 0.25) is 0 Å². The van der Waals surface area contributed by atoms with Gasteiger partial charge in [-0.15, -0.1) is 0 Å². The lowest BCUT2D eigenvalue weighted by Gasteiger charge is -2.46. The predicted octanol–water partition coefficient (Wildman–Crippen LogP) is 27.2. The van der Waals surface area contributed by atoms with Crippen LogP contribution in [0.5, 0.6) is 0 Å². The average molecular weight is 1130 g/mol. The molecule has 0 unspecified atom stereocenters. The van der Waals surface area contributed by atoms with E-state index >= 15 is 0 Å². The minimum atomic E-state index is 0.345. The molecule has 0 aromatic heterocycles. The maximum absolute atomic E-state index is 5.58. The number of methoxy groups -OCH3 is 1. The molecule has 0 saturated heterocycles. The SMILES string of the molecule is CC(C)CC1(C)CCCCC1.CCC(C)(C)C1(C)CCCC1.CCC(C)(C)C1(C)CCCCC1.CCCCC1(C)CCCC1.CCCCC1(C)CCCCC1.CCOCC(C)(C)C1(C)CCCC1.COCC(C)(C)C1(C)CCCC1. The van der Waals surface area contributed by atoms with Crippen LogP contribution in [0, 0.1) is 65.5 Å². The highest BCUT2D eigenvalue weighted by Crippen LogP contribution is 2.55. The maximum Gasteiger partial charge on any atom is 0.0522 e. The summed E-state index contributed by atoms with van der Waals surface area (Å²) in [5.74, 6) is 0.887. The Kier molecular flexibility index (Phi) is 36.0. The molecule has 7 rings (SSSR count). The van der Waals surface area contributed by atoms with Crippen molar-refractivity contribution in [2.45, 2.75) is 409 Å². The molecule has 7 fully saturated rings. The smallest absolute Gasteiger partial charge is 0.0522 e. The summed E-state index contributed by atoms with van der Waals surface area (Å²) >= 11 is 0. The largest absolute Gasteiger partial charge is 0.384 e. The molecule has 0 bridgehead atoms. The molecule has 2 nitrogen and oxygen atoms in total. The number of hydrogen-bond donors (Lipinski definition) is 0. The highest BCUT2D eigenvalue weighted by Gasteiger charge is 2.45. The third-order valence-corrected chi connectivity index (χ3v) is 25.7. The summed E-state index contributed by atoms with van der Waals surface area (Å²) in [6, 6.07) is 0. The molecule has 0 aliphatic heterocycles. The van der Waals surface area contributed by atoms with Crippen LogP contribution in [0.4, 0.5) is 0 Å². The molecule has 0 heterocycles. The Morgan fingerprint density at radius 2 is 0.588 bits per heavy atom. The van der Waals surface area contributed by atoms with Gasteiger partial charge in [0.05, 0.1) is 13.2 Å². The van der Waals surface area contributed by atoms with Crippen LogP contribution < -0.4 is 0 Å². The summed E-state index contributed by atoms with van der Waals surface area (Å²) in [5, 5.41) is 0. The van der Waals surface area contributed by atoms with Crippen LogP contribution in [0.25, 0.3) is 0 Å². The monoisotopic (exact) mass is 1130 g/mol. The normalized spacial score (nSPS) is 23.4. The summed E-state index contributed by atoms with van der Waals surface area (Å²) in [6.07, 6.45) is 57.7. The van der Waals surface area contributed by atoms with E-state index in [0.717, 1.165) is 36.6 Å². The van der Waals surface area contributed by atoms with Gasteiger partial charge < -0.3 is 9.47 Å². The molecule has 0 amide bonds. The first-order valence-electron chi connectivity index (χ1n) is 36.3. The molecule has 0 spiro atoms. The van der Waals surface area contributed by atoms with E-state index < -0.39 is 0 Å². The third-order valence-electron chi connectivity index (χ3n) is 25.7. The van der Waals surface area contributed by atoms with E-state index in [1.807, 2.05) is 0 Å². The fraction of sp³-hybridized carbons (Fsp3) is 1.00. The molecule has 0 aromatic carbocycles. The van der Waals surface area contributed by atoms with Gasteiger partial charge in [0, 0.05) is 13.7 Å². The van der Waals surface area contributed by atoms with Crippen LogP contribution in [0.2, 0.25) is 0 Å². The molecular weight excluding hydrogens is 969 g/mol. The lowest BCUT2D eigenvalue weighted by molar-refractivity contribution is -0.0106. The van der Waals surface area contributed by atoms with Gasteiger partial charge in [-0.3, -0.25) is 0 Å². The quantitative estimate of drug-likeness (QED) is 0.128. The highest BCUT2D eigenvalue weighted by molar-refractivity contribution is 4.95. The van der Waals surface area contributed by atoms with Crippen LogP contribution >= 0.6 is 0 Å². The topological polar surface area (TPSA) is 18.5 Å². The number of ether oxygens (including phenoxy) is 2. The zero-order valence-corrected chi connectivity index (χ0v) is 60.3. The van der Waals surface area contributed by atoms with E-state index in [9.17, 15) is 0 Å². The lowest BCUT2D eigenvalue weighted by atomic mass is 9.59. The lowest BCUT2D eigenvalue weighted by Crippen LogP contribution is -2.36. The van der Waals surface area contributed by atoms with Gasteiger partial charge in [-0.1, -0.05) is 293 Å². The van der Waals surface area contributed by atoms with Gasteiger partial charge in [0.15, 0.2) is 0 Å². The van der Waals surface area contributed by atoms with Crippen molar-refractivity contribution < 1.29 is 9.47 Å². The number of unbranched alkanes of at least 4 members (excludes halogenated alkanes) is 2. The summed E-state index contributed by atoms with van der Waals surface area (Å²) < 4.78 is 10.9. The van der Waals surface area contributed by atoms with Gasteiger partial charge >= 0.3 is 0 Å². The molecule has 80 heavy (non-hydrogen) atoms. The second-order valence-electron chi connectivity index (χ2n) is 34.3. The molecule has 7 aliphatic carbocycles. The maximum atomic E-state index is 5.58. The molecule has 7 saturated carbocycles. The first-order valence-corrected chi connectivity index (χ1v) is 36.3. The summed E-state index contributed by atoms with van der Waals surface area (Å²) in [4.78, 5) is 0. The van der Waals surface area contributed by atoms with Crippen molar-refractivity contribution in [3.05, 3.63) is 0 Å². The molecule has 0 aromatic rings. The Hall–Kier alpha value is -0.0800. The minimum absolute atomic E-state index is 0.345. The molecule has 0 radical (unpaired) electrons. The molecule has 0 atom stereocenters. The highest BCUT2D eigenvalue weighted by atomic mass is 16.5. The van der Waals surface area contributed by atoms with Gasteiger partial charge in [0.25, 0.3) is 0 Å². The van der Waals surface area contributed by atoms with Crippen LogP contribution in [0.15, 0.2) is 0 Å². The fourth-order valence-electron chi connectivity index (χ4n) is 16.4. The zero-order valence-electron chi connectivity index (χ0n) is 60.3. The fourth-order valence-corrected chi connectivity index (χ4v) is 16.4. The van der Waals surface area contributed by atoms with Crippen LogP contribution in [0.3, 0.4) is 0 Å². The molecule has 480 valence electrons. The van der Waals surface area contributed by atoms with Crippen molar-refractivity contribution in [3.8, 4) is 0 Å². The molecule has 7 aliphatic rings. The summed E-state index contributed by atoms with van der Waals surface area (Å²) in [7, 11) is 1.81. The van der Waals surface area contributed by atoms with Crippen LogP contribution in [-0.4, -0.2) is 26.9 Å². The standard InChI is InChI=1S/C12H24O.C12H24.C11H22O.3C11H22.C10H20/c1-5-13-10-11(2,3)12(4)8-6-7-9-12;1-5-11(2,3)12(4)9-7-6-8-10-12;1-10(2,9-12-4)11(3)7-5-6-8-11;1-10(2)9-11(3)7-5-4-6-8-11;1-5-10(2,3)11(4)8-6-7-9-11;1-3-4-8-11(2)9-6-5-7-10-11;1-3-4-7-10(2)8-5-6-9-10/h5-10H2,1-4H3;5-10H2,1-4H3;5-9H2,1-4H3;10H,4-9H2,1-3H3;5-9H2,1-4H3;3-10H2,1-2H3;3-9H2,1-2H3. The van der Waals surface area contributed by atoms with Crippen molar-refractivity contribution in [3.63, 3.8) is 0 Å². The van der Waals surface area contributed by atoms with E-state index in [1.54, 1.807) is 7.11 Å². The van der Waals surface area contributed by atoms with Crippen molar-refractivity contribution in [1.82, 2.24) is 0 Å². The van der Waals surface area contributed by atoms with Crippen molar-refractivity contribution in [2.75, 3.05) is 26.9 Å². The Balaban J connectivity index is 0.000000467. The molecule has 0 N–H and O–H groups in total. The zero-order chi connectivity index (χ0) is 60.9. The van der Waals surface area contributed by atoms with E-state index in [-0.39, 0.29) is 0 Å². The molecule has 2 heteroatoms. The van der Waals surface area contributed by atoms with Crippen molar-refractivity contribution in [2.24, 2.45) is 65.5 Å². The van der Waals surface area contributed by atoms with E-state index in [4.69, 9.17) is 9.47 Å². The summed E-state index contributed by atoms with van der Waals surface area (Å²) in [5.41, 5.74) is 6.28. The van der Waals surface area contributed by atoms with Gasteiger partial charge in [-0.05, 0) is 182 Å². The Bertz CT molecular complexity index is 1500. The minimum Gasteiger partial charge on any atom is -0.384 e. The van der Waals surface area contributed by atoms with E-state index in [1.165, 1.54) is 257 Å². The Morgan fingerprint density at radius 1 is 0.338 bits per heavy atom. The van der Waals surface area contributed by atoms with Crippen LogP contribution in [0.1, 0.15) is 409 Å². The van der Waals surface area contributed by atoms with E-state index in [0.29, 0.717) is 48.7 Å². The van der Waals surface area contributed by atoms with Gasteiger partial charge in [-0.25, -0.2) is 0 Å². The second-order valence-corrected chi connectivity index (χ2v) is 34.3. The van der Waals surface area contributed by atoms with E-state index in [2.05, 4.69) is 152 Å². The molecular formula is C78H156O2. The number of hydrogen-bond acceptors (Lipinski definition) is 2. The Morgan fingerprint density at radius 3 is 0.850 bits per heavy atom. The van der Waals surface area contributed by atoms with Crippen molar-refractivity contribution >= 4 is 0 Å². The predicted molar refractivity (Wildman–Crippen MR) is 362 cm³/mol. The Labute approximate surface area is 508 Å². The third kappa shape index (κ3) is 26.5. The summed E-state index contributed by atoms with van der Waals surface area (Å²) in [6.45, 7) is 55.0. The average Bonchev–Trinajstić information content (AvgIpc) is 4.27.